The number of nitrogens with two attached hydrogens (primary N) is 1. The largest absolute Gasteiger partial charge is 0.468 e. The lowest BCUT2D eigenvalue weighted by Crippen LogP contribution is -2.11. The maximum atomic E-state index is 11.1. The van der Waals surface area contributed by atoms with E-state index in [1.54, 1.807) is 24.3 Å². The summed E-state index contributed by atoms with van der Waals surface area (Å²) in [5.41, 5.74) is 6.22. The SMILES string of the molecule is COC(=O)CSc1nnnn1-c1ccc(C(N)=O)cc1. The first kappa shape index (κ1) is 14.0. The quantitative estimate of drug-likeness (QED) is 0.611. The van der Waals surface area contributed by atoms with Crippen LogP contribution in [0.1, 0.15) is 10.4 Å². The van der Waals surface area contributed by atoms with Gasteiger partial charge in [0.05, 0.1) is 18.6 Å². The molecule has 0 radical (unpaired) electrons. The van der Waals surface area contributed by atoms with Crippen LogP contribution in [0.15, 0.2) is 29.4 Å². The van der Waals surface area contributed by atoms with Crippen LogP contribution in [0.2, 0.25) is 0 Å². The van der Waals surface area contributed by atoms with Crippen LogP contribution in [-0.2, 0) is 9.53 Å². The molecule has 0 aliphatic heterocycles. The van der Waals surface area contributed by atoms with E-state index in [2.05, 4.69) is 20.3 Å². The number of methoxy groups -OCH3 is 1. The van der Waals surface area contributed by atoms with Crippen molar-refractivity contribution in [3.8, 4) is 5.69 Å². The fourth-order valence-electron chi connectivity index (χ4n) is 1.38. The zero-order valence-electron chi connectivity index (χ0n) is 10.5. The number of hydrogen-bond donors (Lipinski definition) is 1. The summed E-state index contributed by atoms with van der Waals surface area (Å²) in [7, 11) is 1.31. The molecule has 2 rings (SSSR count). The fourth-order valence-corrected chi connectivity index (χ4v) is 2.10. The Hall–Kier alpha value is -2.42. The smallest absolute Gasteiger partial charge is 0.316 e. The number of tetrazole rings is 1. The van der Waals surface area contributed by atoms with Crippen molar-refractivity contribution in [2.24, 2.45) is 5.73 Å². The van der Waals surface area contributed by atoms with Gasteiger partial charge in [0.2, 0.25) is 11.1 Å². The number of primary amides is 1. The molecule has 0 atom stereocenters. The molecule has 0 saturated carbocycles. The molecule has 104 valence electrons. The Morgan fingerprint density at radius 3 is 2.65 bits per heavy atom. The molecule has 2 aromatic rings. The number of nitrogens with zero attached hydrogens (tertiary/aromatic N) is 4. The Kier molecular flexibility index (Phi) is 4.31. The summed E-state index contributed by atoms with van der Waals surface area (Å²) in [4.78, 5) is 22.1. The Bertz CT molecular complexity index is 625. The molecule has 0 aliphatic carbocycles. The van der Waals surface area contributed by atoms with Gasteiger partial charge in [-0.25, -0.2) is 0 Å². The van der Waals surface area contributed by atoms with Gasteiger partial charge < -0.3 is 10.5 Å². The molecule has 2 N–H and O–H groups in total. The molecule has 1 amide bonds. The minimum atomic E-state index is -0.506. The molecule has 0 unspecified atom stereocenters. The third-order valence-corrected chi connectivity index (χ3v) is 3.28. The molecular weight excluding hydrogens is 282 g/mol. The first-order chi connectivity index (χ1) is 9.61. The van der Waals surface area contributed by atoms with Crippen molar-refractivity contribution in [2.45, 2.75) is 5.16 Å². The molecule has 0 spiro atoms. The highest BCUT2D eigenvalue weighted by molar-refractivity contribution is 7.99. The first-order valence-electron chi connectivity index (χ1n) is 5.50. The number of ether oxygens (including phenoxy) is 1. The lowest BCUT2D eigenvalue weighted by Gasteiger charge is -2.04. The normalized spacial score (nSPS) is 10.2. The van der Waals surface area contributed by atoms with Crippen molar-refractivity contribution in [2.75, 3.05) is 12.9 Å². The van der Waals surface area contributed by atoms with E-state index in [0.29, 0.717) is 16.4 Å². The van der Waals surface area contributed by atoms with Crippen LogP contribution in [0.5, 0.6) is 0 Å². The third kappa shape index (κ3) is 3.12. The van der Waals surface area contributed by atoms with Crippen molar-refractivity contribution in [3.63, 3.8) is 0 Å². The van der Waals surface area contributed by atoms with Gasteiger partial charge in [-0.1, -0.05) is 11.8 Å². The summed E-state index contributed by atoms with van der Waals surface area (Å²) >= 11 is 1.15. The second-order valence-corrected chi connectivity index (χ2v) is 4.59. The van der Waals surface area contributed by atoms with Crippen LogP contribution in [-0.4, -0.2) is 44.9 Å². The average Bonchev–Trinajstić information content (AvgIpc) is 2.93. The molecule has 20 heavy (non-hydrogen) atoms. The van der Waals surface area contributed by atoms with Crippen molar-refractivity contribution >= 4 is 23.6 Å². The van der Waals surface area contributed by atoms with E-state index in [1.165, 1.54) is 11.8 Å². The number of carbonyl (C=O) groups is 2. The molecule has 1 aromatic heterocycles. The number of esters is 1. The summed E-state index contributed by atoms with van der Waals surface area (Å²) in [5, 5.41) is 11.7. The van der Waals surface area contributed by atoms with Crippen LogP contribution >= 0.6 is 11.8 Å². The van der Waals surface area contributed by atoms with Gasteiger partial charge in [-0.3, -0.25) is 9.59 Å². The standard InChI is InChI=1S/C11H11N5O3S/c1-19-9(17)6-20-11-13-14-15-16(11)8-4-2-7(3-5-8)10(12)18/h2-5H,6H2,1H3,(H2,12,18). The Morgan fingerprint density at radius 2 is 2.05 bits per heavy atom. The molecule has 0 bridgehead atoms. The predicted octanol–water partition coefficient (Wildman–Crippen LogP) is 0.0263. The van der Waals surface area contributed by atoms with E-state index in [1.807, 2.05) is 0 Å². The Labute approximate surface area is 118 Å². The molecule has 9 heteroatoms. The lowest BCUT2D eigenvalue weighted by molar-refractivity contribution is -0.137. The number of carbonyl (C=O) groups excluding carboxylic acids is 2. The van der Waals surface area contributed by atoms with Crippen LogP contribution in [0.3, 0.4) is 0 Å². The molecule has 0 fully saturated rings. The fraction of sp³-hybridized carbons (Fsp3) is 0.182. The molecule has 0 aliphatic rings. The van der Waals surface area contributed by atoms with Crippen LogP contribution in [0.25, 0.3) is 5.69 Å². The van der Waals surface area contributed by atoms with Crippen LogP contribution in [0, 0.1) is 0 Å². The van der Waals surface area contributed by atoms with Crippen molar-refractivity contribution in [1.82, 2.24) is 20.2 Å². The minimum Gasteiger partial charge on any atom is -0.468 e. The lowest BCUT2D eigenvalue weighted by atomic mass is 10.2. The molecule has 1 heterocycles. The number of benzene rings is 1. The van der Waals surface area contributed by atoms with Gasteiger partial charge >= 0.3 is 5.97 Å². The monoisotopic (exact) mass is 293 g/mol. The second kappa shape index (κ2) is 6.15. The zero-order chi connectivity index (χ0) is 14.5. The van der Waals surface area contributed by atoms with Gasteiger partial charge in [-0.15, -0.1) is 5.10 Å². The number of hydrogen-bond acceptors (Lipinski definition) is 7. The van der Waals surface area contributed by atoms with Crippen LogP contribution in [0.4, 0.5) is 0 Å². The molecule has 1 aromatic carbocycles. The van der Waals surface area contributed by atoms with E-state index < -0.39 is 5.91 Å². The van der Waals surface area contributed by atoms with Gasteiger partial charge in [0.1, 0.15) is 0 Å². The van der Waals surface area contributed by atoms with E-state index in [4.69, 9.17) is 5.73 Å². The Balaban J connectivity index is 2.18. The van der Waals surface area contributed by atoms with Gasteiger partial charge in [-0.05, 0) is 34.7 Å². The first-order valence-corrected chi connectivity index (χ1v) is 6.48. The van der Waals surface area contributed by atoms with Crippen LogP contribution < -0.4 is 5.73 Å². The second-order valence-electron chi connectivity index (χ2n) is 3.65. The van der Waals surface area contributed by atoms with Gasteiger partial charge in [-0.2, -0.15) is 4.68 Å². The van der Waals surface area contributed by atoms with E-state index in [0.717, 1.165) is 11.8 Å². The number of thioether (sulfide) groups is 1. The number of rotatable bonds is 5. The summed E-state index contributed by atoms with van der Waals surface area (Å²) in [5.74, 6) is -0.766. The Morgan fingerprint density at radius 1 is 1.35 bits per heavy atom. The summed E-state index contributed by atoms with van der Waals surface area (Å²) in [6, 6.07) is 6.49. The van der Waals surface area contributed by atoms with Gasteiger partial charge in [0, 0.05) is 5.56 Å². The predicted molar refractivity (Wildman–Crippen MR) is 70.4 cm³/mol. The zero-order valence-corrected chi connectivity index (χ0v) is 11.3. The van der Waals surface area contributed by atoms with E-state index >= 15 is 0 Å². The number of amides is 1. The maximum absolute atomic E-state index is 11.1. The van der Waals surface area contributed by atoms with Crippen molar-refractivity contribution < 1.29 is 14.3 Å². The van der Waals surface area contributed by atoms with Crippen molar-refractivity contribution in [1.29, 1.82) is 0 Å². The number of aromatic nitrogens is 4. The summed E-state index contributed by atoms with van der Waals surface area (Å²) in [6.45, 7) is 0. The average molecular weight is 293 g/mol. The summed E-state index contributed by atoms with van der Waals surface area (Å²) in [6.07, 6.45) is 0. The van der Waals surface area contributed by atoms with Gasteiger partial charge in [0.25, 0.3) is 0 Å². The molecular formula is C11H11N5O3S. The minimum absolute atomic E-state index is 0.107. The van der Waals surface area contributed by atoms with Crippen molar-refractivity contribution in [3.05, 3.63) is 29.8 Å². The third-order valence-electron chi connectivity index (χ3n) is 2.38. The highest BCUT2D eigenvalue weighted by Gasteiger charge is 2.12. The molecule has 0 saturated heterocycles. The van der Waals surface area contributed by atoms with E-state index in [-0.39, 0.29) is 11.7 Å². The highest BCUT2D eigenvalue weighted by Crippen LogP contribution is 2.18. The van der Waals surface area contributed by atoms with E-state index in [9.17, 15) is 9.59 Å². The topological polar surface area (TPSA) is 113 Å². The summed E-state index contributed by atoms with van der Waals surface area (Å²) < 4.78 is 6.00. The van der Waals surface area contributed by atoms with Gasteiger partial charge in [0.15, 0.2) is 0 Å². The highest BCUT2D eigenvalue weighted by atomic mass is 32.2. The molecule has 8 nitrogen and oxygen atoms in total. The maximum Gasteiger partial charge on any atom is 0.316 e.